The Balaban J connectivity index is 1.34. The third-order valence-corrected chi connectivity index (χ3v) is 5.99. The van der Waals surface area contributed by atoms with Crippen molar-refractivity contribution in [1.29, 1.82) is 0 Å². The number of para-hydroxylation sites is 1. The van der Waals surface area contributed by atoms with E-state index in [0.29, 0.717) is 30.3 Å². The van der Waals surface area contributed by atoms with Crippen molar-refractivity contribution < 1.29 is 23.7 Å². The van der Waals surface area contributed by atoms with Gasteiger partial charge >= 0.3 is 0 Å². The molecule has 2 aliphatic rings. The van der Waals surface area contributed by atoms with E-state index in [1.54, 1.807) is 26.4 Å². The number of hydrogen-bond donors (Lipinski definition) is 0. The Morgan fingerprint density at radius 3 is 2.61 bits per heavy atom. The smallest absolute Gasteiger partial charge is 0.231 e. The minimum atomic E-state index is -0.116. The molecule has 5 rings (SSSR count). The Labute approximate surface area is 193 Å². The van der Waals surface area contributed by atoms with E-state index in [1.807, 2.05) is 48.5 Å². The third-order valence-electron chi connectivity index (χ3n) is 5.99. The molecule has 168 valence electrons. The van der Waals surface area contributed by atoms with Gasteiger partial charge in [0.1, 0.15) is 29.7 Å². The quantitative estimate of drug-likeness (QED) is 0.514. The van der Waals surface area contributed by atoms with Crippen LogP contribution in [0.4, 0.5) is 0 Å². The van der Waals surface area contributed by atoms with Crippen molar-refractivity contribution in [2.45, 2.75) is 13.0 Å². The SMILES string of the molecule is COc1ccc(/C=C2\Oc3c(ccc4c3CN(CCc3ccccc3OC)CO4)C2=O)cc1. The fourth-order valence-corrected chi connectivity index (χ4v) is 4.19. The molecule has 0 bridgehead atoms. The summed E-state index contributed by atoms with van der Waals surface area (Å²) in [5.41, 5.74) is 3.50. The summed E-state index contributed by atoms with van der Waals surface area (Å²) in [6, 6.07) is 19.2. The number of Topliss-reactive ketones (excluding diaryl/α,β-unsaturated/α-hetero) is 1. The van der Waals surface area contributed by atoms with E-state index in [-0.39, 0.29) is 5.78 Å². The Morgan fingerprint density at radius 2 is 1.82 bits per heavy atom. The molecule has 0 saturated heterocycles. The van der Waals surface area contributed by atoms with Crippen LogP contribution < -0.4 is 18.9 Å². The van der Waals surface area contributed by atoms with E-state index >= 15 is 0 Å². The van der Waals surface area contributed by atoms with Gasteiger partial charge in [-0.2, -0.15) is 0 Å². The van der Waals surface area contributed by atoms with Crippen LogP contribution in [0.5, 0.6) is 23.0 Å². The number of methoxy groups -OCH3 is 2. The number of nitrogens with zero attached hydrogens (tertiary/aromatic N) is 1. The molecule has 0 atom stereocenters. The van der Waals surface area contributed by atoms with Crippen LogP contribution in [0, 0.1) is 0 Å². The van der Waals surface area contributed by atoms with Gasteiger partial charge in [0.05, 0.1) is 25.3 Å². The Bertz CT molecular complexity index is 1220. The zero-order valence-electron chi connectivity index (χ0n) is 18.7. The molecule has 2 aliphatic heterocycles. The minimum absolute atomic E-state index is 0.116. The first-order valence-corrected chi connectivity index (χ1v) is 10.9. The zero-order chi connectivity index (χ0) is 22.8. The van der Waals surface area contributed by atoms with Gasteiger partial charge in [0.25, 0.3) is 0 Å². The highest BCUT2D eigenvalue weighted by molar-refractivity contribution is 6.15. The second kappa shape index (κ2) is 9.00. The molecule has 3 aromatic rings. The predicted octanol–water partition coefficient (Wildman–Crippen LogP) is 4.71. The normalized spacial score (nSPS) is 16.1. The van der Waals surface area contributed by atoms with Gasteiger partial charge in [-0.1, -0.05) is 30.3 Å². The van der Waals surface area contributed by atoms with Crippen LogP contribution in [0.25, 0.3) is 6.08 Å². The highest BCUT2D eigenvalue weighted by atomic mass is 16.5. The molecule has 2 heterocycles. The first-order valence-electron chi connectivity index (χ1n) is 10.9. The van der Waals surface area contributed by atoms with Gasteiger partial charge in [0, 0.05) is 13.1 Å². The molecular formula is C27H25NO5. The van der Waals surface area contributed by atoms with Crippen molar-refractivity contribution in [3.63, 3.8) is 0 Å². The number of ketones is 1. The first kappa shape index (κ1) is 21.1. The van der Waals surface area contributed by atoms with Crippen molar-refractivity contribution in [1.82, 2.24) is 4.90 Å². The van der Waals surface area contributed by atoms with Crippen LogP contribution in [0.1, 0.15) is 27.0 Å². The summed E-state index contributed by atoms with van der Waals surface area (Å²) < 4.78 is 22.7. The van der Waals surface area contributed by atoms with Crippen molar-refractivity contribution in [3.05, 3.63) is 88.7 Å². The van der Waals surface area contributed by atoms with Crippen LogP contribution in [0.2, 0.25) is 0 Å². The van der Waals surface area contributed by atoms with E-state index in [1.165, 1.54) is 0 Å². The molecule has 0 aliphatic carbocycles. The molecule has 0 amide bonds. The summed E-state index contributed by atoms with van der Waals surface area (Å²) in [7, 11) is 3.31. The molecule has 0 fully saturated rings. The number of benzene rings is 3. The Morgan fingerprint density at radius 1 is 1.00 bits per heavy atom. The van der Waals surface area contributed by atoms with Crippen LogP contribution in [-0.4, -0.2) is 38.2 Å². The molecular weight excluding hydrogens is 418 g/mol. The second-order valence-electron chi connectivity index (χ2n) is 8.02. The van der Waals surface area contributed by atoms with E-state index in [4.69, 9.17) is 18.9 Å². The maximum Gasteiger partial charge on any atom is 0.231 e. The summed E-state index contributed by atoms with van der Waals surface area (Å²) >= 11 is 0. The molecule has 0 saturated carbocycles. The maximum absolute atomic E-state index is 13.0. The Hall–Kier alpha value is -3.77. The minimum Gasteiger partial charge on any atom is -0.497 e. The second-order valence-corrected chi connectivity index (χ2v) is 8.02. The fraction of sp³-hybridized carbons (Fsp3) is 0.222. The van der Waals surface area contributed by atoms with Gasteiger partial charge in [-0.05, 0) is 54.0 Å². The zero-order valence-corrected chi connectivity index (χ0v) is 18.7. The van der Waals surface area contributed by atoms with Gasteiger partial charge in [-0.25, -0.2) is 0 Å². The highest BCUT2D eigenvalue weighted by Crippen LogP contribution is 2.42. The van der Waals surface area contributed by atoms with Crippen molar-refractivity contribution >= 4 is 11.9 Å². The molecule has 0 unspecified atom stereocenters. The van der Waals surface area contributed by atoms with Gasteiger partial charge in [0.15, 0.2) is 5.76 Å². The molecule has 33 heavy (non-hydrogen) atoms. The first-order chi connectivity index (χ1) is 16.2. The molecule has 0 spiro atoms. The average molecular weight is 443 g/mol. The molecule has 3 aromatic carbocycles. The van der Waals surface area contributed by atoms with E-state index in [9.17, 15) is 4.79 Å². The number of rotatable bonds is 6. The standard InChI is InChI=1S/C27H25NO5/c1-30-20-9-7-18(8-10-20)15-25-26(29)21-11-12-24-22(27(21)33-25)16-28(17-32-24)14-13-19-5-3-4-6-23(19)31-2/h3-12,15H,13-14,16-17H2,1-2H3/b25-15-. The number of carbonyl (C=O) groups excluding carboxylic acids is 1. The van der Waals surface area contributed by atoms with Crippen LogP contribution in [-0.2, 0) is 13.0 Å². The van der Waals surface area contributed by atoms with Gasteiger partial charge in [-0.15, -0.1) is 0 Å². The molecule has 0 aromatic heterocycles. The van der Waals surface area contributed by atoms with Gasteiger partial charge < -0.3 is 18.9 Å². The lowest BCUT2D eigenvalue weighted by Crippen LogP contribution is -2.33. The van der Waals surface area contributed by atoms with E-state index in [0.717, 1.165) is 46.9 Å². The van der Waals surface area contributed by atoms with Crippen LogP contribution in [0.3, 0.4) is 0 Å². The molecule has 0 radical (unpaired) electrons. The fourth-order valence-electron chi connectivity index (χ4n) is 4.19. The number of fused-ring (bicyclic) bond motifs is 3. The van der Waals surface area contributed by atoms with Crippen molar-refractivity contribution in [2.24, 2.45) is 0 Å². The third kappa shape index (κ3) is 4.17. The van der Waals surface area contributed by atoms with Crippen LogP contribution in [0.15, 0.2) is 66.4 Å². The summed E-state index contributed by atoms with van der Waals surface area (Å²) in [5, 5.41) is 0. The number of ether oxygens (including phenoxy) is 4. The van der Waals surface area contributed by atoms with E-state index in [2.05, 4.69) is 11.0 Å². The van der Waals surface area contributed by atoms with Crippen LogP contribution >= 0.6 is 0 Å². The topological polar surface area (TPSA) is 57.2 Å². The summed E-state index contributed by atoms with van der Waals surface area (Å²) in [6.07, 6.45) is 2.59. The number of hydrogen-bond acceptors (Lipinski definition) is 6. The maximum atomic E-state index is 13.0. The summed E-state index contributed by atoms with van der Waals surface area (Å²) in [4.78, 5) is 15.2. The van der Waals surface area contributed by atoms with Crippen molar-refractivity contribution in [3.8, 4) is 23.0 Å². The molecule has 6 nitrogen and oxygen atoms in total. The Kier molecular flexibility index (Phi) is 5.75. The lowest BCUT2D eigenvalue weighted by molar-refractivity contribution is 0.0948. The monoisotopic (exact) mass is 443 g/mol. The number of carbonyl (C=O) groups is 1. The van der Waals surface area contributed by atoms with Gasteiger partial charge in [0.2, 0.25) is 5.78 Å². The van der Waals surface area contributed by atoms with Crippen molar-refractivity contribution in [2.75, 3.05) is 27.5 Å². The molecule has 6 heteroatoms. The highest BCUT2D eigenvalue weighted by Gasteiger charge is 2.33. The lowest BCUT2D eigenvalue weighted by atomic mass is 10.0. The average Bonchev–Trinajstić information content (AvgIpc) is 3.18. The predicted molar refractivity (Wildman–Crippen MR) is 125 cm³/mol. The van der Waals surface area contributed by atoms with E-state index < -0.39 is 0 Å². The molecule has 0 N–H and O–H groups in total. The largest absolute Gasteiger partial charge is 0.497 e. The number of allylic oxidation sites excluding steroid dienone is 1. The lowest BCUT2D eigenvalue weighted by Gasteiger charge is -2.29. The summed E-state index contributed by atoms with van der Waals surface area (Å²) in [5.74, 6) is 3.21. The summed E-state index contributed by atoms with van der Waals surface area (Å²) in [6.45, 7) is 1.94. The van der Waals surface area contributed by atoms with Gasteiger partial charge in [-0.3, -0.25) is 9.69 Å².